The van der Waals surface area contributed by atoms with Crippen molar-refractivity contribution < 1.29 is 4.74 Å². The highest BCUT2D eigenvalue weighted by molar-refractivity contribution is 5.37. The van der Waals surface area contributed by atoms with Crippen molar-refractivity contribution in [2.45, 2.75) is 33.0 Å². The molecule has 3 heterocycles. The van der Waals surface area contributed by atoms with Crippen LogP contribution in [0.25, 0.3) is 0 Å². The van der Waals surface area contributed by atoms with Crippen LogP contribution >= 0.6 is 0 Å². The number of nitrogen functional groups attached to an aromatic ring is 1. The SMILES string of the molecule is CC(C)Oc1nc(N)nc(N2CCn3ccnc3C2)n1. The zero-order valence-electron chi connectivity index (χ0n) is 11.5. The molecule has 0 aliphatic carbocycles. The largest absolute Gasteiger partial charge is 0.461 e. The fourth-order valence-electron chi connectivity index (χ4n) is 2.11. The maximum absolute atomic E-state index is 5.73. The van der Waals surface area contributed by atoms with Gasteiger partial charge in [-0.1, -0.05) is 0 Å². The normalized spacial score (nSPS) is 14.4. The van der Waals surface area contributed by atoms with E-state index < -0.39 is 0 Å². The van der Waals surface area contributed by atoms with Crippen LogP contribution in [-0.4, -0.2) is 37.2 Å². The minimum Gasteiger partial charge on any atom is -0.461 e. The summed E-state index contributed by atoms with van der Waals surface area (Å²) in [6.07, 6.45) is 3.76. The van der Waals surface area contributed by atoms with E-state index >= 15 is 0 Å². The third-order valence-corrected chi connectivity index (χ3v) is 2.99. The molecule has 1 aliphatic heterocycles. The van der Waals surface area contributed by atoms with E-state index in [0.717, 1.165) is 18.9 Å². The van der Waals surface area contributed by atoms with E-state index in [0.29, 0.717) is 12.5 Å². The molecular formula is C12H17N7O. The summed E-state index contributed by atoms with van der Waals surface area (Å²) in [4.78, 5) is 18.8. The minimum atomic E-state index is -0.00935. The summed E-state index contributed by atoms with van der Waals surface area (Å²) < 4.78 is 7.61. The highest BCUT2D eigenvalue weighted by atomic mass is 16.5. The van der Waals surface area contributed by atoms with Gasteiger partial charge in [-0.05, 0) is 13.8 Å². The molecule has 106 valence electrons. The van der Waals surface area contributed by atoms with E-state index in [9.17, 15) is 0 Å². The Bertz CT molecular complexity index is 610. The molecule has 0 saturated heterocycles. The predicted octanol–water partition coefficient (Wildman–Crippen LogP) is 0.458. The Morgan fingerprint density at radius 2 is 2.10 bits per heavy atom. The monoisotopic (exact) mass is 275 g/mol. The molecule has 8 nitrogen and oxygen atoms in total. The van der Waals surface area contributed by atoms with Gasteiger partial charge in [-0.2, -0.15) is 15.0 Å². The predicted molar refractivity (Wildman–Crippen MR) is 73.3 cm³/mol. The molecule has 0 spiro atoms. The lowest BCUT2D eigenvalue weighted by Gasteiger charge is -2.27. The van der Waals surface area contributed by atoms with E-state index in [1.54, 1.807) is 6.20 Å². The zero-order chi connectivity index (χ0) is 14.1. The van der Waals surface area contributed by atoms with Gasteiger partial charge in [0.1, 0.15) is 5.82 Å². The van der Waals surface area contributed by atoms with Crippen molar-refractivity contribution in [2.24, 2.45) is 0 Å². The van der Waals surface area contributed by atoms with Gasteiger partial charge in [0.15, 0.2) is 0 Å². The van der Waals surface area contributed by atoms with Crippen LogP contribution in [0.3, 0.4) is 0 Å². The molecule has 0 bridgehead atoms. The van der Waals surface area contributed by atoms with Crippen molar-refractivity contribution in [1.82, 2.24) is 24.5 Å². The van der Waals surface area contributed by atoms with Crippen LogP contribution in [0.1, 0.15) is 19.7 Å². The molecule has 0 saturated carbocycles. The third-order valence-electron chi connectivity index (χ3n) is 2.99. The number of anilines is 2. The molecule has 2 N–H and O–H groups in total. The molecule has 8 heteroatoms. The fraction of sp³-hybridized carbons (Fsp3) is 0.500. The number of aromatic nitrogens is 5. The Morgan fingerprint density at radius 3 is 2.90 bits per heavy atom. The number of imidazole rings is 1. The van der Waals surface area contributed by atoms with E-state index in [-0.39, 0.29) is 18.1 Å². The molecule has 20 heavy (non-hydrogen) atoms. The highest BCUT2D eigenvalue weighted by Gasteiger charge is 2.20. The maximum Gasteiger partial charge on any atom is 0.323 e. The van der Waals surface area contributed by atoms with Gasteiger partial charge < -0.3 is 19.9 Å². The van der Waals surface area contributed by atoms with Crippen LogP contribution in [0.2, 0.25) is 0 Å². The maximum atomic E-state index is 5.73. The van der Waals surface area contributed by atoms with E-state index in [1.807, 2.05) is 24.9 Å². The molecule has 0 atom stereocenters. The van der Waals surface area contributed by atoms with Crippen molar-refractivity contribution in [3.63, 3.8) is 0 Å². The quantitative estimate of drug-likeness (QED) is 0.869. The highest BCUT2D eigenvalue weighted by Crippen LogP contribution is 2.19. The Morgan fingerprint density at radius 1 is 1.25 bits per heavy atom. The van der Waals surface area contributed by atoms with Gasteiger partial charge in [-0.3, -0.25) is 0 Å². The zero-order valence-corrected chi connectivity index (χ0v) is 11.5. The van der Waals surface area contributed by atoms with Gasteiger partial charge in [-0.15, -0.1) is 0 Å². The number of hydrogen-bond acceptors (Lipinski definition) is 7. The molecule has 1 aliphatic rings. The van der Waals surface area contributed by atoms with Crippen molar-refractivity contribution in [2.75, 3.05) is 17.2 Å². The Labute approximate surface area is 116 Å². The molecule has 0 amide bonds. The molecular weight excluding hydrogens is 258 g/mol. The summed E-state index contributed by atoms with van der Waals surface area (Å²) in [5.41, 5.74) is 5.73. The third kappa shape index (κ3) is 2.49. The lowest BCUT2D eigenvalue weighted by Crippen LogP contribution is -2.35. The van der Waals surface area contributed by atoms with Crippen LogP contribution in [0, 0.1) is 0 Å². The first-order valence-electron chi connectivity index (χ1n) is 6.55. The lowest BCUT2D eigenvalue weighted by atomic mass is 10.4. The molecule has 0 fully saturated rings. The molecule has 0 unspecified atom stereocenters. The second-order valence-electron chi connectivity index (χ2n) is 4.90. The number of fused-ring (bicyclic) bond motifs is 1. The summed E-state index contributed by atoms with van der Waals surface area (Å²) in [6, 6.07) is 0.261. The second-order valence-corrected chi connectivity index (χ2v) is 4.90. The second kappa shape index (κ2) is 4.95. The molecule has 2 aromatic rings. The van der Waals surface area contributed by atoms with Crippen LogP contribution in [0.4, 0.5) is 11.9 Å². The number of nitrogens with zero attached hydrogens (tertiary/aromatic N) is 6. The number of nitrogens with two attached hydrogens (primary N) is 1. The Kier molecular flexibility index (Phi) is 3.13. The van der Waals surface area contributed by atoms with Crippen LogP contribution in [0.5, 0.6) is 6.01 Å². The summed E-state index contributed by atoms with van der Waals surface area (Å²) in [5.74, 6) is 1.68. The summed E-state index contributed by atoms with van der Waals surface area (Å²) in [7, 11) is 0. The van der Waals surface area contributed by atoms with Crippen molar-refractivity contribution in [3.05, 3.63) is 18.2 Å². The van der Waals surface area contributed by atoms with Gasteiger partial charge in [0, 0.05) is 25.5 Å². The van der Waals surface area contributed by atoms with Crippen molar-refractivity contribution in [1.29, 1.82) is 0 Å². The average molecular weight is 275 g/mol. The first-order chi connectivity index (χ1) is 9.61. The van der Waals surface area contributed by atoms with Crippen LogP contribution in [0.15, 0.2) is 12.4 Å². The Balaban J connectivity index is 1.85. The average Bonchev–Trinajstić information content (AvgIpc) is 2.84. The fourth-order valence-corrected chi connectivity index (χ4v) is 2.11. The van der Waals surface area contributed by atoms with Gasteiger partial charge in [0.25, 0.3) is 0 Å². The smallest absolute Gasteiger partial charge is 0.323 e. The number of ether oxygens (including phenoxy) is 1. The van der Waals surface area contributed by atoms with Crippen molar-refractivity contribution in [3.8, 4) is 6.01 Å². The molecule has 0 radical (unpaired) electrons. The van der Waals surface area contributed by atoms with Gasteiger partial charge in [0.05, 0.1) is 12.6 Å². The van der Waals surface area contributed by atoms with Gasteiger partial charge in [-0.25, -0.2) is 4.98 Å². The topological polar surface area (TPSA) is 95.0 Å². The lowest BCUT2D eigenvalue weighted by molar-refractivity contribution is 0.222. The Hall–Kier alpha value is -2.38. The summed E-state index contributed by atoms with van der Waals surface area (Å²) in [6.45, 7) is 6.13. The molecule has 3 rings (SSSR count). The van der Waals surface area contributed by atoms with Crippen molar-refractivity contribution >= 4 is 11.9 Å². The molecule has 0 aromatic carbocycles. The van der Waals surface area contributed by atoms with Crippen LogP contribution in [-0.2, 0) is 13.1 Å². The standard InChI is InChI=1S/C12H17N7O/c1-8(2)20-12-16-10(13)15-11(17-12)19-6-5-18-4-3-14-9(18)7-19/h3-4,8H,5-7H2,1-2H3,(H2,13,15,16,17). The van der Waals surface area contributed by atoms with E-state index in [2.05, 4.69) is 24.5 Å². The van der Waals surface area contributed by atoms with Gasteiger partial charge >= 0.3 is 6.01 Å². The molecule has 2 aromatic heterocycles. The van der Waals surface area contributed by atoms with E-state index in [4.69, 9.17) is 10.5 Å². The first kappa shape index (κ1) is 12.6. The number of rotatable bonds is 3. The summed E-state index contributed by atoms with van der Waals surface area (Å²) >= 11 is 0. The van der Waals surface area contributed by atoms with Crippen LogP contribution < -0.4 is 15.4 Å². The van der Waals surface area contributed by atoms with Gasteiger partial charge in [0.2, 0.25) is 11.9 Å². The number of hydrogen-bond donors (Lipinski definition) is 1. The van der Waals surface area contributed by atoms with E-state index in [1.165, 1.54) is 0 Å². The minimum absolute atomic E-state index is 0.00935. The first-order valence-corrected chi connectivity index (χ1v) is 6.55. The summed E-state index contributed by atoms with van der Waals surface area (Å²) in [5, 5.41) is 0.